The van der Waals surface area contributed by atoms with Gasteiger partial charge in [0, 0.05) is 44.2 Å². The molecule has 1 aromatic carbocycles. The Labute approximate surface area is 193 Å². The van der Waals surface area contributed by atoms with Gasteiger partial charge in [-0.05, 0) is 12.5 Å². The fourth-order valence-electron chi connectivity index (χ4n) is 4.46. The van der Waals surface area contributed by atoms with Crippen LogP contribution in [0.2, 0.25) is 0 Å². The van der Waals surface area contributed by atoms with Gasteiger partial charge in [0.2, 0.25) is 0 Å². The highest BCUT2D eigenvalue weighted by molar-refractivity contribution is 5.92. The summed E-state index contributed by atoms with van der Waals surface area (Å²) < 4.78 is 5.86. The molecular weight excluding hydrogens is 404 g/mol. The lowest BCUT2D eigenvalue weighted by atomic mass is 9.77. The van der Waals surface area contributed by atoms with Crippen molar-refractivity contribution in [1.82, 2.24) is 4.90 Å². The molecule has 0 saturated carbocycles. The highest BCUT2D eigenvalue weighted by atomic mass is 16.6. The molecule has 0 fully saturated rings. The molecular formula is C25H42N4O3. The van der Waals surface area contributed by atoms with Crippen LogP contribution in [-0.2, 0) is 10.3 Å². The monoisotopic (exact) mass is 446 g/mol. The summed E-state index contributed by atoms with van der Waals surface area (Å²) in [6, 6.07) is 6.35. The van der Waals surface area contributed by atoms with Crippen LogP contribution >= 0.6 is 0 Å². The van der Waals surface area contributed by atoms with Gasteiger partial charge in [-0.2, -0.15) is 0 Å². The third kappa shape index (κ3) is 7.27. The van der Waals surface area contributed by atoms with Gasteiger partial charge in [-0.25, -0.2) is 4.99 Å². The number of hydrogen-bond donors (Lipinski definition) is 1. The molecule has 0 aromatic heterocycles. The highest BCUT2D eigenvalue weighted by Crippen LogP contribution is 2.39. The van der Waals surface area contributed by atoms with E-state index in [0.29, 0.717) is 31.2 Å². The van der Waals surface area contributed by atoms with Gasteiger partial charge in [-0.15, -0.1) is 0 Å². The van der Waals surface area contributed by atoms with E-state index in [2.05, 4.69) is 11.9 Å². The van der Waals surface area contributed by atoms with E-state index in [-0.39, 0.29) is 4.92 Å². The summed E-state index contributed by atoms with van der Waals surface area (Å²) >= 11 is 0. The Kier molecular flexibility index (Phi) is 11.1. The number of nitrogens with zero attached hydrogens (tertiary/aromatic N) is 3. The third-order valence-electron chi connectivity index (χ3n) is 6.34. The van der Waals surface area contributed by atoms with E-state index < -0.39 is 11.6 Å². The zero-order valence-electron chi connectivity index (χ0n) is 20.2. The molecule has 2 N–H and O–H groups in total. The number of benzene rings is 1. The Morgan fingerprint density at radius 1 is 1.03 bits per heavy atom. The van der Waals surface area contributed by atoms with E-state index in [1.165, 1.54) is 57.8 Å². The first-order valence-corrected chi connectivity index (χ1v) is 12.3. The summed E-state index contributed by atoms with van der Waals surface area (Å²) in [6.45, 7) is 3.32. The number of aliphatic imine (C=N–C) groups is 1. The number of likely N-dealkylation sites (N-methyl/N-ethyl adjacent to an activating group) is 1. The molecule has 7 nitrogen and oxygen atoms in total. The van der Waals surface area contributed by atoms with Crippen molar-refractivity contribution < 1.29 is 9.66 Å². The maximum atomic E-state index is 12.0. The van der Waals surface area contributed by atoms with E-state index in [1.807, 2.05) is 24.3 Å². The fraction of sp³-hybridized carbons (Fsp3) is 0.720. The lowest BCUT2D eigenvalue weighted by Gasteiger charge is -2.38. The van der Waals surface area contributed by atoms with E-state index >= 15 is 0 Å². The van der Waals surface area contributed by atoms with Crippen molar-refractivity contribution in [3.05, 3.63) is 39.9 Å². The Bertz CT molecular complexity index is 738. The standard InChI is InChI=1S/C25H42N4O3/c1-4-5-6-7-8-9-10-11-12-15-19-32-20-18-25(26)21-16-13-14-17-22(21)27-24(28(2)3)23(25)29(30)31/h13-14,16-17,23H,4-12,15,18-20,26H2,1-3H3. The third-order valence-corrected chi connectivity index (χ3v) is 6.34. The van der Waals surface area contributed by atoms with Crippen molar-refractivity contribution in [3.63, 3.8) is 0 Å². The second kappa shape index (κ2) is 13.5. The number of hydrogen-bond acceptors (Lipinski definition) is 6. The van der Waals surface area contributed by atoms with Crippen LogP contribution in [0.4, 0.5) is 5.69 Å². The average Bonchev–Trinajstić information content (AvgIpc) is 2.76. The number of fused-ring (bicyclic) bond motifs is 1. The van der Waals surface area contributed by atoms with Gasteiger partial charge in [0.15, 0.2) is 5.84 Å². The average molecular weight is 447 g/mol. The van der Waals surface area contributed by atoms with Crippen LogP contribution in [0.1, 0.15) is 83.1 Å². The minimum Gasteiger partial charge on any atom is -0.381 e. The molecule has 0 spiro atoms. The molecule has 1 aromatic rings. The molecule has 2 unspecified atom stereocenters. The minimum atomic E-state index is -1.15. The van der Waals surface area contributed by atoms with Gasteiger partial charge in [0.1, 0.15) is 5.54 Å². The van der Waals surface area contributed by atoms with Crippen LogP contribution in [-0.4, -0.2) is 49.0 Å². The lowest BCUT2D eigenvalue weighted by Crippen LogP contribution is -2.60. The Balaban J connectivity index is 1.79. The summed E-state index contributed by atoms with van der Waals surface area (Å²) in [7, 11) is 3.54. The number of rotatable bonds is 15. The maximum Gasteiger partial charge on any atom is 0.291 e. The summed E-state index contributed by atoms with van der Waals surface area (Å²) in [5, 5.41) is 12.0. The summed E-state index contributed by atoms with van der Waals surface area (Å²) in [5.74, 6) is 0.380. The van der Waals surface area contributed by atoms with Crippen LogP contribution in [0, 0.1) is 10.1 Å². The Morgan fingerprint density at radius 2 is 1.62 bits per heavy atom. The number of ether oxygens (including phenoxy) is 1. The minimum absolute atomic E-state index is 0.309. The van der Waals surface area contributed by atoms with Crippen LogP contribution in [0.3, 0.4) is 0 Å². The molecule has 0 bridgehead atoms. The molecule has 2 rings (SSSR count). The van der Waals surface area contributed by atoms with Gasteiger partial charge in [0.05, 0.1) is 5.69 Å². The predicted octanol–water partition coefficient (Wildman–Crippen LogP) is 5.42. The zero-order valence-corrected chi connectivity index (χ0v) is 20.2. The van der Waals surface area contributed by atoms with E-state index in [9.17, 15) is 10.1 Å². The molecule has 32 heavy (non-hydrogen) atoms. The molecule has 1 aliphatic rings. The lowest BCUT2D eigenvalue weighted by molar-refractivity contribution is -0.517. The zero-order chi connectivity index (χ0) is 23.4. The van der Waals surface area contributed by atoms with Crippen molar-refractivity contribution in [1.29, 1.82) is 0 Å². The highest BCUT2D eigenvalue weighted by Gasteiger charge is 2.52. The van der Waals surface area contributed by atoms with Crippen LogP contribution in [0.15, 0.2) is 29.3 Å². The number of para-hydroxylation sites is 1. The molecule has 1 heterocycles. The van der Waals surface area contributed by atoms with Crippen molar-refractivity contribution >= 4 is 11.5 Å². The Hall–Kier alpha value is -1.99. The number of nitrogens with two attached hydrogens (primary N) is 1. The van der Waals surface area contributed by atoms with Crippen LogP contribution < -0.4 is 5.73 Å². The van der Waals surface area contributed by atoms with E-state index in [1.54, 1.807) is 19.0 Å². The molecule has 0 saturated heterocycles. The first-order chi connectivity index (χ1) is 15.4. The van der Waals surface area contributed by atoms with Gasteiger partial charge in [0.25, 0.3) is 6.04 Å². The van der Waals surface area contributed by atoms with Crippen molar-refractivity contribution in [2.24, 2.45) is 10.7 Å². The molecule has 0 radical (unpaired) electrons. The van der Waals surface area contributed by atoms with Crippen LogP contribution in [0.25, 0.3) is 0 Å². The largest absolute Gasteiger partial charge is 0.381 e. The van der Waals surface area contributed by atoms with Crippen molar-refractivity contribution in [2.45, 2.75) is 89.1 Å². The van der Waals surface area contributed by atoms with Crippen molar-refractivity contribution in [3.8, 4) is 0 Å². The van der Waals surface area contributed by atoms with Crippen molar-refractivity contribution in [2.75, 3.05) is 27.3 Å². The quantitative estimate of drug-likeness (QED) is 0.221. The first kappa shape index (κ1) is 26.3. The molecule has 180 valence electrons. The second-order valence-corrected chi connectivity index (χ2v) is 9.15. The number of nitro groups is 1. The normalized spacial score (nSPS) is 20.0. The SMILES string of the molecule is CCCCCCCCCCCCOCCC1(N)c2ccccc2N=C(N(C)C)C1[N+](=O)[O-]. The molecule has 2 atom stereocenters. The molecule has 7 heteroatoms. The number of unbranched alkanes of at least 4 members (excludes halogenated alkanes) is 9. The van der Waals surface area contributed by atoms with Gasteiger partial charge in [-0.1, -0.05) is 82.9 Å². The molecule has 0 amide bonds. The maximum absolute atomic E-state index is 12.0. The Morgan fingerprint density at radius 3 is 2.22 bits per heavy atom. The predicted molar refractivity (Wildman–Crippen MR) is 131 cm³/mol. The first-order valence-electron chi connectivity index (χ1n) is 12.3. The topological polar surface area (TPSA) is 94.0 Å². The van der Waals surface area contributed by atoms with Gasteiger partial charge in [-0.3, -0.25) is 10.1 Å². The fourth-order valence-corrected chi connectivity index (χ4v) is 4.46. The summed E-state index contributed by atoms with van der Waals surface area (Å²) in [4.78, 5) is 17.9. The summed E-state index contributed by atoms with van der Waals surface area (Å²) in [6.07, 6.45) is 13.2. The smallest absolute Gasteiger partial charge is 0.291 e. The van der Waals surface area contributed by atoms with Crippen LogP contribution in [0.5, 0.6) is 0 Å². The number of amidine groups is 1. The molecule has 0 aliphatic carbocycles. The second-order valence-electron chi connectivity index (χ2n) is 9.15. The summed E-state index contributed by atoms with van der Waals surface area (Å²) in [5.41, 5.74) is 7.02. The van der Waals surface area contributed by atoms with E-state index in [0.717, 1.165) is 12.0 Å². The molecule has 1 aliphatic heterocycles. The van der Waals surface area contributed by atoms with E-state index in [4.69, 9.17) is 10.5 Å². The van der Waals surface area contributed by atoms with Gasteiger partial charge < -0.3 is 15.4 Å². The van der Waals surface area contributed by atoms with Gasteiger partial charge >= 0.3 is 0 Å².